The molecular weight excluding hydrogens is 607 g/mol. The average Bonchev–Trinajstić information content (AvgIpc) is 2.94. The van der Waals surface area contributed by atoms with E-state index in [1.54, 1.807) is 26.2 Å². The first-order valence-corrected chi connectivity index (χ1v) is 16.8. The maximum atomic E-state index is 13.6. The number of alkyl halides is 3. The van der Waals surface area contributed by atoms with Crippen molar-refractivity contribution >= 4 is 39.2 Å². The molecule has 1 aromatic carbocycles. The lowest BCUT2D eigenvalue weighted by atomic mass is 9.87. The van der Waals surface area contributed by atoms with Crippen LogP contribution in [0.25, 0.3) is 0 Å². The van der Waals surface area contributed by atoms with E-state index < -0.39 is 21.6 Å². The Balaban J connectivity index is 1.68. The summed E-state index contributed by atoms with van der Waals surface area (Å²) in [7, 11) is -3.06. The summed E-state index contributed by atoms with van der Waals surface area (Å²) in [4.78, 5) is 27.9. The molecule has 0 aliphatic carbocycles. The van der Waals surface area contributed by atoms with Gasteiger partial charge in [0.2, 0.25) is 5.95 Å². The van der Waals surface area contributed by atoms with E-state index in [2.05, 4.69) is 9.97 Å². The molecule has 0 radical (unpaired) electrons. The summed E-state index contributed by atoms with van der Waals surface area (Å²) in [5.41, 5.74) is 0.191. The van der Waals surface area contributed by atoms with Gasteiger partial charge < -0.3 is 19.4 Å². The third-order valence-corrected chi connectivity index (χ3v) is 9.86. The number of hydrogen-bond acceptors (Lipinski definition) is 8. The summed E-state index contributed by atoms with van der Waals surface area (Å²) in [5.74, 6) is 0.423. The maximum Gasteiger partial charge on any atom is 0.416 e. The van der Waals surface area contributed by atoms with E-state index in [1.807, 2.05) is 28.5 Å². The quantitative estimate of drug-likeness (QED) is 0.347. The normalized spacial score (nSPS) is 22.5. The fourth-order valence-electron chi connectivity index (χ4n) is 5.85. The molecule has 2 saturated heterocycles. The van der Waals surface area contributed by atoms with E-state index >= 15 is 0 Å². The van der Waals surface area contributed by atoms with Crippen LogP contribution in [0.3, 0.4) is 0 Å². The van der Waals surface area contributed by atoms with Gasteiger partial charge in [-0.15, -0.1) is 0 Å². The summed E-state index contributed by atoms with van der Waals surface area (Å²) >= 11 is 6.13. The van der Waals surface area contributed by atoms with Crippen molar-refractivity contribution in [3.63, 3.8) is 0 Å². The van der Waals surface area contributed by atoms with Crippen LogP contribution in [0.5, 0.6) is 0 Å². The number of benzene rings is 1. The van der Waals surface area contributed by atoms with E-state index in [4.69, 9.17) is 16.3 Å². The molecule has 2 unspecified atom stereocenters. The van der Waals surface area contributed by atoms with Gasteiger partial charge in [0.25, 0.3) is 0 Å². The standard InChI is InChI=1S/C29H39ClF3N5O4S/c1-5-23-14-25(15-24(6-2)38(23)28(39)42-19(3)4)37(18-20-11-21(29(31,32)33)13-22(30)12-20)27-34-16-26(17-35-27)36-7-9-43(40,41)10-8-36/h11-13,16-17,19,23-25H,5-10,14-15,18H2,1-4H3. The minimum absolute atomic E-state index is 0.0230. The molecule has 9 nitrogen and oxygen atoms in total. The smallest absolute Gasteiger partial charge is 0.416 e. The van der Waals surface area contributed by atoms with Crippen LogP contribution < -0.4 is 9.80 Å². The van der Waals surface area contributed by atoms with Gasteiger partial charge in [0.05, 0.1) is 41.3 Å². The lowest BCUT2D eigenvalue weighted by Crippen LogP contribution is -2.57. The topological polar surface area (TPSA) is 95.9 Å². The number of rotatable bonds is 8. The Morgan fingerprint density at radius 1 is 1.07 bits per heavy atom. The summed E-state index contributed by atoms with van der Waals surface area (Å²) in [6.07, 6.45) is 0.466. The van der Waals surface area contributed by atoms with Crippen LogP contribution in [0, 0.1) is 0 Å². The zero-order valence-corrected chi connectivity index (χ0v) is 26.4. The number of piperidine rings is 1. The van der Waals surface area contributed by atoms with Gasteiger partial charge in [0.1, 0.15) is 0 Å². The second kappa shape index (κ2) is 13.5. The van der Waals surface area contributed by atoms with Crippen molar-refractivity contribution in [1.82, 2.24) is 14.9 Å². The number of nitrogens with zero attached hydrogens (tertiary/aromatic N) is 5. The summed E-state index contributed by atoms with van der Waals surface area (Å²) in [6, 6.07) is 2.99. The Bertz CT molecular complexity index is 1350. The van der Waals surface area contributed by atoms with Gasteiger partial charge in [-0.3, -0.25) is 0 Å². The Labute approximate surface area is 256 Å². The molecule has 4 rings (SSSR count). The van der Waals surface area contributed by atoms with Crippen molar-refractivity contribution in [3.8, 4) is 0 Å². The highest BCUT2D eigenvalue weighted by molar-refractivity contribution is 7.91. The number of hydrogen-bond donors (Lipinski definition) is 0. The highest BCUT2D eigenvalue weighted by Gasteiger charge is 2.41. The first-order chi connectivity index (χ1) is 20.2. The van der Waals surface area contributed by atoms with Crippen molar-refractivity contribution < 1.29 is 31.1 Å². The van der Waals surface area contributed by atoms with Gasteiger partial charge in [-0.25, -0.2) is 23.2 Å². The van der Waals surface area contributed by atoms with E-state index in [-0.39, 0.29) is 53.4 Å². The Kier molecular flexibility index (Phi) is 10.4. The van der Waals surface area contributed by atoms with Crippen LogP contribution >= 0.6 is 11.6 Å². The molecule has 0 N–H and O–H groups in total. The number of halogens is 4. The number of anilines is 2. The number of carbonyl (C=O) groups is 1. The second-order valence-corrected chi connectivity index (χ2v) is 14.2. The minimum atomic E-state index is -4.56. The summed E-state index contributed by atoms with van der Waals surface area (Å²) < 4.78 is 70.2. The van der Waals surface area contributed by atoms with Crippen molar-refractivity contribution in [1.29, 1.82) is 0 Å². The summed E-state index contributed by atoms with van der Waals surface area (Å²) in [5, 5.41) is -0.0230. The van der Waals surface area contributed by atoms with Crippen LogP contribution in [-0.2, 0) is 27.3 Å². The van der Waals surface area contributed by atoms with Crippen LogP contribution in [0.4, 0.5) is 29.6 Å². The number of aromatic nitrogens is 2. The monoisotopic (exact) mass is 645 g/mol. The number of carbonyl (C=O) groups excluding carboxylic acids is 1. The molecule has 2 fully saturated rings. The molecule has 1 amide bonds. The third-order valence-electron chi connectivity index (χ3n) is 8.03. The second-order valence-electron chi connectivity index (χ2n) is 11.4. The Hall–Kier alpha value is -2.80. The van der Waals surface area contributed by atoms with E-state index in [0.717, 1.165) is 12.1 Å². The molecule has 2 aromatic rings. The first kappa shape index (κ1) is 33.1. The molecule has 1 aromatic heterocycles. The summed E-state index contributed by atoms with van der Waals surface area (Å²) in [6.45, 7) is 8.33. The number of amides is 1. The van der Waals surface area contributed by atoms with Gasteiger partial charge in [-0.2, -0.15) is 13.2 Å². The molecule has 14 heteroatoms. The molecule has 3 heterocycles. The molecular formula is C29H39ClF3N5O4S. The van der Waals surface area contributed by atoms with Gasteiger partial charge in [-0.05, 0) is 63.3 Å². The fourth-order valence-corrected chi connectivity index (χ4v) is 7.31. The number of likely N-dealkylation sites (tertiary alicyclic amines) is 1. The molecule has 0 bridgehead atoms. The molecule has 238 valence electrons. The van der Waals surface area contributed by atoms with Gasteiger partial charge >= 0.3 is 12.3 Å². The SMILES string of the molecule is CCC1CC(N(Cc2cc(Cl)cc(C(F)(F)F)c2)c2ncc(N3CCS(=O)(=O)CC3)cn2)CC(CC)N1C(=O)OC(C)C. The first-order valence-electron chi connectivity index (χ1n) is 14.6. The predicted molar refractivity (Wildman–Crippen MR) is 160 cm³/mol. The van der Waals surface area contributed by atoms with Crippen LogP contribution in [-0.4, -0.2) is 78.2 Å². The highest BCUT2D eigenvalue weighted by atomic mass is 35.5. The average molecular weight is 646 g/mol. The van der Waals surface area contributed by atoms with Gasteiger partial charge in [-0.1, -0.05) is 25.4 Å². The zero-order valence-electron chi connectivity index (χ0n) is 24.8. The fraction of sp³-hybridized carbons (Fsp3) is 0.621. The van der Waals surface area contributed by atoms with Crippen LogP contribution in [0.15, 0.2) is 30.6 Å². The van der Waals surface area contributed by atoms with Crippen LogP contribution in [0.1, 0.15) is 64.5 Å². The maximum absolute atomic E-state index is 13.6. The third kappa shape index (κ3) is 8.23. The Morgan fingerprint density at radius 3 is 2.16 bits per heavy atom. The molecule has 0 spiro atoms. The molecule has 2 atom stereocenters. The van der Waals surface area contributed by atoms with E-state index in [1.165, 1.54) is 6.07 Å². The highest BCUT2D eigenvalue weighted by Crippen LogP contribution is 2.36. The molecule has 2 aliphatic heterocycles. The Morgan fingerprint density at radius 2 is 1.65 bits per heavy atom. The largest absolute Gasteiger partial charge is 0.447 e. The number of ether oxygens (including phenoxy) is 1. The van der Waals surface area contributed by atoms with Crippen molar-refractivity contribution in [2.45, 2.75) is 90.3 Å². The van der Waals surface area contributed by atoms with E-state index in [9.17, 15) is 26.4 Å². The zero-order chi connectivity index (χ0) is 31.5. The van der Waals surface area contributed by atoms with Crippen molar-refractivity contribution in [3.05, 3.63) is 46.7 Å². The number of sulfone groups is 1. The van der Waals surface area contributed by atoms with E-state index in [0.29, 0.717) is 56.0 Å². The van der Waals surface area contributed by atoms with Gasteiger partial charge in [0.15, 0.2) is 9.84 Å². The van der Waals surface area contributed by atoms with Crippen molar-refractivity contribution in [2.75, 3.05) is 34.4 Å². The van der Waals surface area contributed by atoms with Crippen molar-refractivity contribution in [2.24, 2.45) is 0 Å². The molecule has 2 aliphatic rings. The van der Waals surface area contributed by atoms with Crippen LogP contribution in [0.2, 0.25) is 5.02 Å². The van der Waals surface area contributed by atoms with Gasteiger partial charge in [0, 0.05) is 42.8 Å². The lowest BCUT2D eigenvalue weighted by Gasteiger charge is -2.47. The predicted octanol–water partition coefficient (Wildman–Crippen LogP) is 5.96. The minimum Gasteiger partial charge on any atom is -0.447 e. The molecule has 43 heavy (non-hydrogen) atoms. The lowest BCUT2D eigenvalue weighted by molar-refractivity contribution is -0.137. The molecule has 0 saturated carbocycles.